The topological polar surface area (TPSA) is 86.5 Å². The first-order valence-corrected chi connectivity index (χ1v) is 8.12. The van der Waals surface area contributed by atoms with E-state index in [4.69, 9.17) is 10.00 Å². The van der Waals surface area contributed by atoms with Gasteiger partial charge in [0.2, 0.25) is 17.7 Å². The number of nitrogens with zero attached hydrogens (tertiary/aromatic N) is 4. The molecule has 2 aliphatic rings. The van der Waals surface area contributed by atoms with Crippen LogP contribution in [0.15, 0.2) is 18.3 Å². The number of rotatable bonds is 3. The number of hydrogen-bond acceptors (Lipinski definition) is 5. The molecule has 3 heterocycles. The molecule has 3 rings (SSSR count). The molecule has 2 amide bonds. The number of amides is 2. The minimum atomic E-state index is -0.208. The lowest BCUT2D eigenvalue weighted by molar-refractivity contribution is -0.137. The maximum absolute atomic E-state index is 12.5. The van der Waals surface area contributed by atoms with Gasteiger partial charge in [0.1, 0.15) is 12.2 Å². The molecule has 1 aromatic rings. The van der Waals surface area contributed by atoms with E-state index in [0.717, 1.165) is 12.8 Å². The summed E-state index contributed by atoms with van der Waals surface area (Å²) in [7, 11) is 1.74. The Balaban J connectivity index is 1.49. The van der Waals surface area contributed by atoms with Gasteiger partial charge in [0.15, 0.2) is 0 Å². The number of piperidine rings is 1. The summed E-state index contributed by atoms with van der Waals surface area (Å²) in [6.45, 7) is 1.78. The summed E-state index contributed by atoms with van der Waals surface area (Å²) in [5, 5.41) is 8.76. The number of likely N-dealkylation sites (tertiary alicyclic amines) is 2. The summed E-state index contributed by atoms with van der Waals surface area (Å²) in [6, 6.07) is 5.39. The van der Waals surface area contributed by atoms with Crippen LogP contribution in [-0.4, -0.2) is 59.4 Å². The predicted octanol–water partition coefficient (Wildman–Crippen LogP) is 0.801. The Morgan fingerprint density at radius 3 is 2.67 bits per heavy atom. The van der Waals surface area contributed by atoms with Gasteiger partial charge in [-0.25, -0.2) is 4.98 Å². The Kier molecular flexibility index (Phi) is 4.65. The van der Waals surface area contributed by atoms with Crippen molar-refractivity contribution < 1.29 is 14.3 Å². The Hall–Kier alpha value is -2.62. The van der Waals surface area contributed by atoms with E-state index in [-0.39, 0.29) is 23.8 Å². The number of nitriles is 1. The number of pyridine rings is 1. The quantitative estimate of drug-likeness (QED) is 0.819. The fraction of sp³-hybridized carbons (Fsp3) is 0.529. The summed E-state index contributed by atoms with van der Waals surface area (Å²) in [4.78, 5) is 31.6. The fourth-order valence-corrected chi connectivity index (χ4v) is 3.17. The summed E-state index contributed by atoms with van der Waals surface area (Å²) >= 11 is 0. The molecule has 0 radical (unpaired) electrons. The number of hydrogen-bond donors (Lipinski definition) is 0. The van der Waals surface area contributed by atoms with Crippen molar-refractivity contribution in [3.63, 3.8) is 0 Å². The third-order valence-electron chi connectivity index (χ3n) is 4.60. The zero-order valence-electron chi connectivity index (χ0n) is 13.6. The molecular weight excluding hydrogens is 308 g/mol. The molecule has 2 saturated heterocycles. The van der Waals surface area contributed by atoms with E-state index < -0.39 is 0 Å². The monoisotopic (exact) mass is 328 g/mol. The second kappa shape index (κ2) is 6.87. The zero-order valence-corrected chi connectivity index (χ0v) is 13.6. The van der Waals surface area contributed by atoms with Crippen molar-refractivity contribution in [2.24, 2.45) is 5.92 Å². The molecule has 0 aromatic carbocycles. The SMILES string of the molecule is CN1CC(C(=O)N2CCC(Oc3ccc(C#N)cn3)CC2)CC1=O. The van der Waals surface area contributed by atoms with Gasteiger partial charge in [0.05, 0.1) is 11.5 Å². The molecule has 0 bridgehead atoms. The molecule has 2 aliphatic heterocycles. The minimum Gasteiger partial charge on any atom is -0.474 e. The smallest absolute Gasteiger partial charge is 0.227 e. The number of carbonyl (C=O) groups is 2. The minimum absolute atomic E-state index is 0.0161. The summed E-state index contributed by atoms with van der Waals surface area (Å²) in [5.41, 5.74) is 0.499. The fourth-order valence-electron chi connectivity index (χ4n) is 3.17. The van der Waals surface area contributed by atoms with E-state index in [2.05, 4.69) is 4.98 Å². The van der Waals surface area contributed by atoms with Gasteiger partial charge in [-0.3, -0.25) is 9.59 Å². The first-order chi connectivity index (χ1) is 11.6. The van der Waals surface area contributed by atoms with Gasteiger partial charge in [-0.15, -0.1) is 0 Å². The Labute approximate surface area is 140 Å². The third kappa shape index (κ3) is 3.48. The van der Waals surface area contributed by atoms with Crippen molar-refractivity contribution in [3.05, 3.63) is 23.9 Å². The van der Waals surface area contributed by atoms with Crippen LogP contribution in [0.4, 0.5) is 0 Å². The highest BCUT2D eigenvalue weighted by atomic mass is 16.5. The van der Waals surface area contributed by atoms with Crippen LogP contribution in [0, 0.1) is 17.2 Å². The van der Waals surface area contributed by atoms with Gasteiger partial charge in [0.25, 0.3) is 0 Å². The van der Waals surface area contributed by atoms with Crippen LogP contribution in [0.5, 0.6) is 5.88 Å². The van der Waals surface area contributed by atoms with Crippen LogP contribution in [0.3, 0.4) is 0 Å². The summed E-state index contributed by atoms with van der Waals surface area (Å²) < 4.78 is 5.82. The van der Waals surface area contributed by atoms with Crippen LogP contribution in [-0.2, 0) is 9.59 Å². The Bertz CT molecular complexity index is 659. The van der Waals surface area contributed by atoms with Crippen LogP contribution in [0.1, 0.15) is 24.8 Å². The van der Waals surface area contributed by atoms with Gasteiger partial charge in [0, 0.05) is 58.2 Å². The van der Waals surface area contributed by atoms with Crippen molar-refractivity contribution in [2.75, 3.05) is 26.7 Å². The van der Waals surface area contributed by atoms with Crippen LogP contribution in [0.2, 0.25) is 0 Å². The van der Waals surface area contributed by atoms with Crippen LogP contribution < -0.4 is 4.74 Å². The molecule has 0 saturated carbocycles. The van der Waals surface area contributed by atoms with Gasteiger partial charge < -0.3 is 14.5 Å². The molecule has 7 nitrogen and oxygen atoms in total. The van der Waals surface area contributed by atoms with Crippen molar-refractivity contribution in [2.45, 2.75) is 25.4 Å². The predicted molar refractivity (Wildman–Crippen MR) is 84.9 cm³/mol. The lowest BCUT2D eigenvalue weighted by Crippen LogP contribution is -2.44. The summed E-state index contributed by atoms with van der Waals surface area (Å²) in [6.07, 6.45) is 3.30. The van der Waals surface area contributed by atoms with Crippen molar-refractivity contribution in [1.29, 1.82) is 5.26 Å². The molecule has 24 heavy (non-hydrogen) atoms. The average molecular weight is 328 g/mol. The highest BCUT2D eigenvalue weighted by Gasteiger charge is 2.36. The number of ether oxygens (including phenoxy) is 1. The standard InChI is InChI=1S/C17H20N4O3/c1-20-11-13(8-16(20)22)17(23)21-6-4-14(5-7-21)24-15-3-2-12(9-18)10-19-15/h2-3,10,13-14H,4-8,11H2,1H3. The maximum Gasteiger partial charge on any atom is 0.227 e. The van der Waals surface area contributed by atoms with E-state index in [1.807, 2.05) is 11.0 Å². The lowest BCUT2D eigenvalue weighted by atomic mass is 10.0. The number of aromatic nitrogens is 1. The highest BCUT2D eigenvalue weighted by Crippen LogP contribution is 2.22. The third-order valence-corrected chi connectivity index (χ3v) is 4.60. The molecule has 1 atom stereocenters. The van der Waals surface area contributed by atoms with Crippen LogP contribution >= 0.6 is 0 Å². The van der Waals surface area contributed by atoms with E-state index in [1.54, 1.807) is 24.1 Å². The Morgan fingerprint density at radius 2 is 2.12 bits per heavy atom. The highest BCUT2D eigenvalue weighted by molar-refractivity contribution is 5.89. The van der Waals surface area contributed by atoms with Crippen LogP contribution in [0.25, 0.3) is 0 Å². The molecule has 126 valence electrons. The largest absolute Gasteiger partial charge is 0.474 e. The van der Waals surface area contributed by atoms with E-state index >= 15 is 0 Å². The molecule has 1 aromatic heterocycles. The normalized spacial score (nSPS) is 21.7. The average Bonchev–Trinajstić information content (AvgIpc) is 2.95. The van der Waals surface area contributed by atoms with Crippen molar-refractivity contribution in [3.8, 4) is 11.9 Å². The van der Waals surface area contributed by atoms with E-state index in [9.17, 15) is 9.59 Å². The maximum atomic E-state index is 12.5. The summed E-state index contributed by atoms with van der Waals surface area (Å²) in [5.74, 6) is 0.406. The van der Waals surface area contributed by atoms with Crippen molar-refractivity contribution in [1.82, 2.24) is 14.8 Å². The molecule has 0 spiro atoms. The first-order valence-electron chi connectivity index (χ1n) is 8.12. The second-order valence-electron chi connectivity index (χ2n) is 6.31. The first kappa shape index (κ1) is 16.2. The van der Waals surface area contributed by atoms with Crippen molar-refractivity contribution >= 4 is 11.8 Å². The van der Waals surface area contributed by atoms with E-state index in [0.29, 0.717) is 37.5 Å². The molecule has 0 aliphatic carbocycles. The molecule has 1 unspecified atom stereocenters. The lowest BCUT2D eigenvalue weighted by Gasteiger charge is -2.33. The van der Waals surface area contributed by atoms with Gasteiger partial charge >= 0.3 is 0 Å². The van der Waals surface area contributed by atoms with Gasteiger partial charge in [-0.2, -0.15) is 5.26 Å². The van der Waals surface area contributed by atoms with E-state index in [1.165, 1.54) is 6.20 Å². The Morgan fingerprint density at radius 1 is 1.38 bits per heavy atom. The van der Waals surface area contributed by atoms with Gasteiger partial charge in [-0.1, -0.05) is 0 Å². The zero-order chi connectivity index (χ0) is 17.1. The second-order valence-corrected chi connectivity index (χ2v) is 6.31. The molecule has 2 fully saturated rings. The molecule has 7 heteroatoms. The molecule has 0 N–H and O–H groups in total. The van der Waals surface area contributed by atoms with Gasteiger partial charge in [-0.05, 0) is 6.07 Å². The number of carbonyl (C=O) groups excluding carboxylic acids is 2. The molecular formula is C17H20N4O3.